The largest absolute Gasteiger partial charge is 0.497 e. The standard InChI is InChI=1S/C38H46N4O6S/c1-28-13-15-30(16-14-28)38(31-17-20-33(46-2)21-18-31,49-26-10-5-4-9-25-40-41-39)32-19-22-34(47-3)29(27-32)11-7-6-8-12-37(45)48-42-35(43)23-24-36(42)44/h13-22,27H,4-12,23-26H2,1-3H3. The molecule has 4 rings (SSSR count). The van der Waals surface area contributed by atoms with Crippen LogP contribution in [0.2, 0.25) is 0 Å². The molecule has 1 unspecified atom stereocenters. The summed E-state index contributed by atoms with van der Waals surface area (Å²) in [5.74, 6) is 1.02. The number of thioether (sulfide) groups is 1. The van der Waals surface area contributed by atoms with Gasteiger partial charge in [0.1, 0.15) is 11.5 Å². The Morgan fingerprint density at radius 3 is 2.12 bits per heavy atom. The molecule has 260 valence electrons. The van der Waals surface area contributed by atoms with Crippen LogP contribution in [-0.4, -0.2) is 49.4 Å². The molecule has 0 spiro atoms. The smallest absolute Gasteiger partial charge is 0.333 e. The van der Waals surface area contributed by atoms with Crippen molar-refractivity contribution in [2.75, 3.05) is 26.5 Å². The maximum atomic E-state index is 12.3. The Kier molecular flexibility index (Phi) is 14.4. The predicted molar refractivity (Wildman–Crippen MR) is 191 cm³/mol. The van der Waals surface area contributed by atoms with Gasteiger partial charge in [-0.3, -0.25) is 9.59 Å². The number of aryl methyl sites for hydroxylation is 2. The van der Waals surface area contributed by atoms with Gasteiger partial charge in [-0.05, 0) is 90.8 Å². The van der Waals surface area contributed by atoms with Gasteiger partial charge in [0, 0.05) is 30.7 Å². The van der Waals surface area contributed by atoms with Crippen molar-refractivity contribution in [3.63, 3.8) is 0 Å². The van der Waals surface area contributed by atoms with Gasteiger partial charge in [0.25, 0.3) is 11.8 Å². The average molecular weight is 687 g/mol. The predicted octanol–water partition coefficient (Wildman–Crippen LogP) is 8.62. The first-order valence-electron chi connectivity index (χ1n) is 16.9. The van der Waals surface area contributed by atoms with Gasteiger partial charge in [-0.15, -0.1) is 16.8 Å². The number of rotatable bonds is 20. The summed E-state index contributed by atoms with van der Waals surface area (Å²) < 4.78 is 10.8. The van der Waals surface area contributed by atoms with Crippen LogP contribution in [0, 0.1) is 6.92 Å². The highest BCUT2D eigenvalue weighted by atomic mass is 32.2. The van der Waals surface area contributed by atoms with E-state index in [1.165, 1.54) is 11.1 Å². The van der Waals surface area contributed by atoms with Crippen molar-refractivity contribution in [2.45, 2.75) is 82.3 Å². The van der Waals surface area contributed by atoms with Crippen LogP contribution < -0.4 is 9.47 Å². The number of ether oxygens (including phenoxy) is 2. The highest BCUT2D eigenvalue weighted by Crippen LogP contribution is 2.50. The molecule has 49 heavy (non-hydrogen) atoms. The van der Waals surface area contributed by atoms with Gasteiger partial charge in [0.2, 0.25) is 0 Å². The fourth-order valence-electron chi connectivity index (χ4n) is 6.03. The number of azide groups is 1. The molecule has 1 aliphatic heterocycles. The van der Waals surface area contributed by atoms with E-state index in [1.54, 1.807) is 14.2 Å². The van der Waals surface area contributed by atoms with Crippen molar-refractivity contribution >= 4 is 29.5 Å². The number of methoxy groups -OCH3 is 2. The Balaban J connectivity index is 1.56. The number of benzene rings is 3. The van der Waals surface area contributed by atoms with Crippen molar-refractivity contribution in [1.82, 2.24) is 5.06 Å². The molecule has 3 aromatic carbocycles. The fraction of sp³-hybridized carbons (Fsp3) is 0.447. The Bertz CT molecular complexity index is 1590. The van der Waals surface area contributed by atoms with Crippen LogP contribution >= 0.6 is 11.8 Å². The SMILES string of the molecule is COc1ccc(C(SCCCCCCN=[N+]=[N-])(c2ccc(C)cc2)c2ccc(OC)c(CCCCCC(=O)ON3C(=O)CCC3=O)c2)cc1. The van der Waals surface area contributed by atoms with Crippen molar-refractivity contribution in [3.05, 3.63) is 105 Å². The van der Waals surface area contributed by atoms with E-state index < -0.39 is 22.5 Å². The average Bonchev–Trinajstić information content (AvgIpc) is 3.43. The number of nitrogens with zero attached hydrogens (tertiary/aromatic N) is 4. The van der Waals surface area contributed by atoms with Crippen LogP contribution in [0.4, 0.5) is 0 Å². The molecule has 0 N–H and O–H groups in total. The maximum absolute atomic E-state index is 12.3. The topological polar surface area (TPSA) is 131 Å². The van der Waals surface area contributed by atoms with E-state index in [1.807, 2.05) is 23.9 Å². The third-order valence-corrected chi connectivity index (χ3v) is 10.3. The molecule has 0 bridgehead atoms. The minimum Gasteiger partial charge on any atom is -0.497 e. The van der Waals surface area contributed by atoms with Gasteiger partial charge in [0.05, 0.1) is 19.0 Å². The van der Waals surface area contributed by atoms with Gasteiger partial charge < -0.3 is 14.3 Å². The molecular weight excluding hydrogens is 641 g/mol. The van der Waals surface area contributed by atoms with Crippen LogP contribution in [0.1, 0.15) is 92.0 Å². The number of hydroxylamine groups is 2. The monoisotopic (exact) mass is 686 g/mol. The van der Waals surface area contributed by atoms with Gasteiger partial charge in [0.15, 0.2) is 0 Å². The van der Waals surface area contributed by atoms with Crippen molar-refractivity contribution < 1.29 is 28.7 Å². The minimum atomic E-state index is -0.571. The molecule has 3 aromatic rings. The quantitative estimate of drug-likeness (QED) is 0.0290. The summed E-state index contributed by atoms with van der Waals surface area (Å²) in [6, 6.07) is 23.6. The number of amides is 2. The zero-order chi connectivity index (χ0) is 35.1. The molecule has 11 heteroatoms. The zero-order valence-electron chi connectivity index (χ0n) is 28.7. The highest BCUT2D eigenvalue weighted by Gasteiger charge is 2.37. The van der Waals surface area contributed by atoms with Crippen molar-refractivity contribution in [2.24, 2.45) is 5.11 Å². The van der Waals surface area contributed by atoms with Crippen LogP contribution in [0.25, 0.3) is 10.4 Å². The minimum absolute atomic E-state index is 0.0787. The second-order valence-corrected chi connectivity index (χ2v) is 13.4. The van der Waals surface area contributed by atoms with E-state index in [4.69, 9.17) is 19.8 Å². The molecule has 1 atom stereocenters. The second kappa shape index (κ2) is 18.9. The third kappa shape index (κ3) is 10.0. The van der Waals surface area contributed by atoms with E-state index in [2.05, 4.69) is 71.5 Å². The van der Waals surface area contributed by atoms with Gasteiger partial charge in [-0.2, -0.15) is 0 Å². The van der Waals surface area contributed by atoms with Crippen LogP contribution in [0.3, 0.4) is 0 Å². The molecule has 2 amide bonds. The summed E-state index contributed by atoms with van der Waals surface area (Å²) in [7, 11) is 3.36. The number of unbranched alkanes of at least 4 members (excludes halogenated alkanes) is 5. The van der Waals surface area contributed by atoms with Gasteiger partial charge >= 0.3 is 5.97 Å². The van der Waals surface area contributed by atoms with Crippen LogP contribution in [0.15, 0.2) is 71.8 Å². The lowest BCUT2D eigenvalue weighted by Crippen LogP contribution is -2.31. The number of hydrogen-bond donors (Lipinski definition) is 0. The lowest BCUT2D eigenvalue weighted by molar-refractivity contribution is -0.197. The van der Waals surface area contributed by atoms with Gasteiger partial charge in [-0.1, -0.05) is 78.5 Å². The summed E-state index contributed by atoms with van der Waals surface area (Å²) >= 11 is 1.92. The fourth-order valence-corrected chi connectivity index (χ4v) is 7.59. The van der Waals surface area contributed by atoms with E-state index in [-0.39, 0.29) is 19.3 Å². The summed E-state index contributed by atoms with van der Waals surface area (Å²) in [5, 5.41) is 4.27. The first kappa shape index (κ1) is 37.4. The first-order valence-corrected chi connectivity index (χ1v) is 17.9. The Hall–Kier alpha value is -4.47. The Morgan fingerprint density at radius 2 is 1.47 bits per heavy atom. The first-order chi connectivity index (χ1) is 23.8. The van der Waals surface area contributed by atoms with Crippen molar-refractivity contribution in [1.29, 1.82) is 0 Å². The molecule has 1 heterocycles. The lowest BCUT2D eigenvalue weighted by Gasteiger charge is -2.36. The summed E-state index contributed by atoms with van der Waals surface area (Å²) in [6.45, 7) is 2.63. The Morgan fingerprint density at radius 1 is 0.837 bits per heavy atom. The number of imide groups is 1. The van der Waals surface area contributed by atoms with Crippen LogP contribution in [0.5, 0.6) is 11.5 Å². The van der Waals surface area contributed by atoms with E-state index in [9.17, 15) is 14.4 Å². The molecule has 0 aromatic heterocycles. The normalized spacial score (nSPS) is 13.9. The zero-order valence-corrected chi connectivity index (χ0v) is 29.5. The molecule has 0 aliphatic carbocycles. The molecule has 1 aliphatic rings. The highest BCUT2D eigenvalue weighted by molar-refractivity contribution is 8.00. The molecular formula is C38H46N4O6S. The van der Waals surface area contributed by atoms with E-state index in [0.29, 0.717) is 18.0 Å². The summed E-state index contributed by atoms with van der Waals surface area (Å²) in [6.07, 6.45) is 7.16. The lowest BCUT2D eigenvalue weighted by atomic mass is 9.82. The van der Waals surface area contributed by atoms with Crippen molar-refractivity contribution in [3.8, 4) is 11.5 Å². The van der Waals surface area contributed by atoms with Gasteiger partial charge in [-0.25, -0.2) is 4.79 Å². The molecule has 10 nitrogen and oxygen atoms in total. The summed E-state index contributed by atoms with van der Waals surface area (Å²) in [4.78, 5) is 43.7. The van der Waals surface area contributed by atoms with E-state index >= 15 is 0 Å². The molecule has 0 radical (unpaired) electrons. The summed E-state index contributed by atoms with van der Waals surface area (Å²) in [5.41, 5.74) is 14.3. The number of hydrogen-bond acceptors (Lipinski definition) is 8. The molecule has 0 saturated carbocycles. The number of carbonyl (C=O) groups excluding carboxylic acids is 3. The van der Waals surface area contributed by atoms with E-state index in [0.717, 1.165) is 78.9 Å². The molecule has 1 fully saturated rings. The Labute approximate surface area is 293 Å². The van der Waals surface area contributed by atoms with Crippen LogP contribution in [-0.2, 0) is 30.4 Å². The maximum Gasteiger partial charge on any atom is 0.333 e. The third-order valence-electron chi connectivity index (χ3n) is 8.70. The number of carbonyl (C=O) groups is 3. The second-order valence-electron chi connectivity index (χ2n) is 12.1. The molecule has 1 saturated heterocycles.